The zero-order valence-corrected chi connectivity index (χ0v) is 6.66. The van der Waals surface area contributed by atoms with Gasteiger partial charge in [0.2, 0.25) is 0 Å². The number of nitrogens with zero attached hydrogens (tertiary/aromatic N) is 1. The van der Waals surface area contributed by atoms with Gasteiger partial charge in [-0.05, 0) is 24.5 Å². The summed E-state index contributed by atoms with van der Waals surface area (Å²) in [6.45, 7) is 0. The predicted molar refractivity (Wildman–Crippen MR) is 46.0 cm³/mol. The fraction of sp³-hybridized carbons (Fsp3) is 0.222. The van der Waals surface area contributed by atoms with Crippen LogP contribution < -0.4 is 5.73 Å². The van der Waals surface area contributed by atoms with Crippen LogP contribution in [0.1, 0.15) is 18.6 Å². The third kappa shape index (κ3) is 1.25. The van der Waals surface area contributed by atoms with Crippen LogP contribution in [0.15, 0.2) is 34.9 Å². The molecule has 1 aromatic heterocycles. The summed E-state index contributed by atoms with van der Waals surface area (Å²) >= 11 is 0. The Kier molecular flexibility index (Phi) is 1.70. The van der Waals surface area contributed by atoms with Gasteiger partial charge in [0, 0.05) is 5.70 Å². The first-order valence-corrected chi connectivity index (χ1v) is 3.91. The number of hydrogen-bond acceptors (Lipinski definition) is 3. The summed E-state index contributed by atoms with van der Waals surface area (Å²) in [7, 11) is 0. The lowest BCUT2D eigenvalue weighted by atomic mass is 10.0. The van der Waals surface area contributed by atoms with Crippen molar-refractivity contribution >= 4 is 5.57 Å². The summed E-state index contributed by atoms with van der Waals surface area (Å²) in [5.74, 6) is 0.825. The van der Waals surface area contributed by atoms with Gasteiger partial charge in [0.15, 0.2) is 6.39 Å². The maximum atomic E-state index is 5.65. The number of hydrogen-bond donors (Lipinski definition) is 1. The highest BCUT2D eigenvalue weighted by atomic mass is 16.3. The molecule has 0 fully saturated rings. The first-order chi connectivity index (χ1) is 5.86. The molecule has 2 N–H and O–H groups in total. The maximum absolute atomic E-state index is 5.65. The Morgan fingerprint density at radius 2 is 2.42 bits per heavy atom. The minimum Gasteiger partial charge on any atom is -0.444 e. The molecule has 0 saturated heterocycles. The van der Waals surface area contributed by atoms with E-state index in [1.807, 2.05) is 12.2 Å². The zero-order valence-electron chi connectivity index (χ0n) is 6.66. The summed E-state index contributed by atoms with van der Waals surface area (Å²) < 4.78 is 5.16. The van der Waals surface area contributed by atoms with E-state index in [1.54, 1.807) is 6.20 Å². The van der Waals surface area contributed by atoms with Crippen molar-refractivity contribution in [3.63, 3.8) is 0 Å². The molecule has 1 aliphatic rings. The van der Waals surface area contributed by atoms with Gasteiger partial charge in [-0.3, -0.25) is 0 Å². The van der Waals surface area contributed by atoms with Crippen LogP contribution in [-0.2, 0) is 0 Å². The van der Waals surface area contributed by atoms with Gasteiger partial charge in [0.25, 0.3) is 0 Å². The number of nitrogens with two attached hydrogens (primary N) is 1. The fourth-order valence-corrected chi connectivity index (χ4v) is 1.30. The molecule has 3 nitrogen and oxygen atoms in total. The van der Waals surface area contributed by atoms with Gasteiger partial charge in [0.1, 0.15) is 5.76 Å². The van der Waals surface area contributed by atoms with Crippen LogP contribution >= 0.6 is 0 Å². The number of rotatable bonds is 1. The van der Waals surface area contributed by atoms with Crippen molar-refractivity contribution in [3.8, 4) is 0 Å². The SMILES string of the molecule is NC1=CCCC(c2cnco2)=C1. The van der Waals surface area contributed by atoms with Crippen LogP contribution in [0.3, 0.4) is 0 Å². The maximum Gasteiger partial charge on any atom is 0.181 e. The van der Waals surface area contributed by atoms with E-state index in [9.17, 15) is 0 Å². The van der Waals surface area contributed by atoms with Crippen LogP contribution in [0.5, 0.6) is 0 Å². The first-order valence-electron chi connectivity index (χ1n) is 3.91. The molecule has 0 aromatic carbocycles. The standard InChI is InChI=1S/C9H10N2O/c10-8-3-1-2-7(4-8)9-5-11-6-12-9/h3-6H,1-2,10H2. The highest BCUT2D eigenvalue weighted by Gasteiger charge is 2.08. The molecule has 0 amide bonds. The molecule has 1 aliphatic carbocycles. The first kappa shape index (κ1) is 7.16. The third-order valence-electron chi connectivity index (χ3n) is 1.88. The summed E-state index contributed by atoms with van der Waals surface area (Å²) in [4.78, 5) is 3.85. The van der Waals surface area contributed by atoms with E-state index in [0.717, 1.165) is 29.9 Å². The van der Waals surface area contributed by atoms with Crippen molar-refractivity contribution in [1.29, 1.82) is 0 Å². The molecule has 0 unspecified atom stereocenters. The normalized spacial score (nSPS) is 17.0. The van der Waals surface area contributed by atoms with E-state index in [-0.39, 0.29) is 0 Å². The van der Waals surface area contributed by atoms with Crippen LogP contribution in [-0.4, -0.2) is 4.98 Å². The lowest BCUT2D eigenvalue weighted by Gasteiger charge is -2.07. The van der Waals surface area contributed by atoms with Crippen molar-refractivity contribution in [1.82, 2.24) is 4.98 Å². The van der Waals surface area contributed by atoms with Gasteiger partial charge in [-0.2, -0.15) is 0 Å². The average molecular weight is 162 g/mol. The van der Waals surface area contributed by atoms with Crippen LogP contribution in [0.2, 0.25) is 0 Å². The molecule has 3 heteroatoms. The Morgan fingerprint density at radius 1 is 1.50 bits per heavy atom. The molecule has 62 valence electrons. The highest BCUT2D eigenvalue weighted by molar-refractivity contribution is 5.65. The Hall–Kier alpha value is -1.51. The Bertz CT molecular complexity index is 322. The van der Waals surface area contributed by atoms with Crippen LogP contribution in [0.25, 0.3) is 5.57 Å². The second-order valence-corrected chi connectivity index (χ2v) is 2.78. The fourth-order valence-electron chi connectivity index (χ4n) is 1.30. The van der Waals surface area contributed by atoms with Crippen molar-refractivity contribution in [2.75, 3.05) is 0 Å². The molecule has 0 spiro atoms. The van der Waals surface area contributed by atoms with Gasteiger partial charge < -0.3 is 10.2 Å². The van der Waals surface area contributed by atoms with Crippen LogP contribution in [0, 0.1) is 0 Å². The van der Waals surface area contributed by atoms with E-state index in [0.29, 0.717) is 0 Å². The molecule has 0 aliphatic heterocycles. The molecule has 1 heterocycles. The second kappa shape index (κ2) is 2.85. The van der Waals surface area contributed by atoms with E-state index in [1.165, 1.54) is 6.39 Å². The van der Waals surface area contributed by atoms with Gasteiger partial charge in [-0.25, -0.2) is 4.98 Å². The minimum atomic E-state index is 0.813. The van der Waals surface area contributed by atoms with E-state index in [4.69, 9.17) is 10.2 Å². The second-order valence-electron chi connectivity index (χ2n) is 2.78. The number of oxazole rings is 1. The summed E-state index contributed by atoms with van der Waals surface area (Å²) in [5.41, 5.74) is 7.60. The van der Waals surface area contributed by atoms with E-state index < -0.39 is 0 Å². The summed E-state index contributed by atoms with van der Waals surface area (Å²) in [6, 6.07) is 0. The Labute approximate surface area is 70.6 Å². The van der Waals surface area contributed by atoms with E-state index in [2.05, 4.69) is 4.98 Å². The highest BCUT2D eigenvalue weighted by Crippen LogP contribution is 2.24. The molecular weight excluding hydrogens is 152 g/mol. The van der Waals surface area contributed by atoms with Crippen LogP contribution in [0.4, 0.5) is 0 Å². The Balaban J connectivity index is 2.31. The van der Waals surface area contributed by atoms with Gasteiger partial charge in [-0.15, -0.1) is 0 Å². The molecule has 0 atom stereocenters. The third-order valence-corrected chi connectivity index (χ3v) is 1.88. The predicted octanol–water partition coefficient (Wildman–Crippen LogP) is 1.69. The Morgan fingerprint density at radius 3 is 3.08 bits per heavy atom. The van der Waals surface area contributed by atoms with E-state index >= 15 is 0 Å². The molecular formula is C9H10N2O. The number of aromatic nitrogens is 1. The largest absolute Gasteiger partial charge is 0.444 e. The zero-order chi connectivity index (χ0) is 8.39. The molecule has 1 aromatic rings. The molecule has 2 rings (SSSR count). The lowest BCUT2D eigenvalue weighted by molar-refractivity contribution is 0.541. The topological polar surface area (TPSA) is 52.0 Å². The van der Waals surface area contributed by atoms with Crippen molar-refractivity contribution in [2.24, 2.45) is 5.73 Å². The molecule has 0 saturated carbocycles. The van der Waals surface area contributed by atoms with Crippen molar-refractivity contribution in [3.05, 3.63) is 36.2 Å². The number of allylic oxidation sites excluding steroid dienone is 3. The molecule has 12 heavy (non-hydrogen) atoms. The van der Waals surface area contributed by atoms with Gasteiger partial charge in [-0.1, -0.05) is 6.08 Å². The minimum absolute atomic E-state index is 0.813. The quantitative estimate of drug-likeness (QED) is 0.683. The molecule has 0 radical (unpaired) electrons. The van der Waals surface area contributed by atoms with Crippen molar-refractivity contribution in [2.45, 2.75) is 12.8 Å². The smallest absolute Gasteiger partial charge is 0.181 e. The summed E-state index contributed by atoms with van der Waals surface area (Å²) in [6.07, 6.45) is 9.06. The van der Waals surface area contributed by atoms with Crippen molar-refractivity contribution < 1.29 is 4.42 Å². The monoisotopic (exact) mass is 162 g/mol. The molecule has 0 bridgehead atoms. The summed E-state index contributed by atoms with van der Waals surface area (Å²) in [5, 5.41) is 0. The lowest BCUT2D eigenvalue weighted by Crippen LogP contribution is -1.99. The van der Waals surface area contributed by atoms with Gasteiger partial charge in [0.05, 0.1) is 6.20 Å². The van der Waals surface area contributed by atoms with Gasteiger partial charge >= 0.3 is 0 Å². The average Bonchev–Trinajstić information content (AvgIpc) is 2.56.